The van der Waals surface area contributed by atoms with Gasteiger partial charge in [0.15, 0.2) is 0 Å². The van der Waals surface area contributed by atoms with E-state index in [2.05, 4.69) is 15.9 Å². The Labute approximate surface area is 137 Å². The Hall–Kier alpha value is -1.64. The van der Waals surface area contributed by atoms with E-state index in [-0.39, 0.29) is 10.7 Å². The number of benzene rings is 1. The third kappa shape index (κ3) is 2.69. The summed E-state index contributed by atoms with van der Waals surface area (Å²) in [6.45, 7) is 5.02. The van der Waals surface area contributed by atoms with Crippen molar-refractivity contribution in [1.82, 2.24) is 0 Å². The summed E-state index contributed by atoms with van der Waals surface area (Å²) in [5, 5.41) is 0. The molecule has 0 aliphatic carbocycles. The number of anilines is 1. The zero-order valence-electron chi connectivity index (χ0n) is 12.3. The molecule has 0 atom stereocenters. The molecule has 118 valence electrons. The van der Waals surface area contributed by atoms with E-state index in [1.165, 1.54) is 4.68 Å². The van der Waals surface area contributed by atoms with Crippen molar-refractivity contribution < 1.29 is 17.6 Å². The summed E-state index contributed by atoms with van der Waals surface area (Å²) in [6.07, 6.45) is 1.58. The van der Waals surface area contributed by atoms with E-state index in [0.29, 0.717) is 26.7 Å². The summed E-state index contributed by atoms with van der Waals surface area (Å²) in [6, 6.07) is 3.36. The minimum atomic E-state index is -4.59. The number of nitrogens with two attached hydrogens (primary N) is 2. The van der Waals surface area contributed by atoms with Crippen LogP contribution in [0.2, 0.25) is 0 Å². The molecule has 0 unspecified atom stereocenters. The Balaban J connectivity index is 2.99. The lowest BCUT2D eigenvalue weighted by atomic mass is 9.94. The van der Waals surface area contributed by atoms with E-state index in [1.807, 2.05) is 6.92 Å². The van der Waals surface area contributed by atoms with Gasteiger partial charge in [0.1, 0.15) is 16.3 Å². The minimum Gasteiger partial charge on any atom is -0.744 e. The summed E-state index contributed by atoms with van der Waals surface area (Å²) in [5.41, 5.74) is 8.77. The molecular formula is C14H16BrN3O3S. The molecule has 0 saturated heterocycles. The van der Waals surface area contributed by atoms with E-state index in [0.717, 1.165) is 5.56 Å². The number of pyridine rings is 1. The lowest BCUT2D eigenvalue weighted by Gasteiger charge is -2.20. The molecule has 1 heterocycles. The maximum Gasteiger partial charge on any atom is 0.304 e. The topological polar surface area (TPSA) is 113 Å². The van der Waals surface area contributed by atoms with E-state index >= 15 is 0 Å². The average molecular weight is 386 g/mol. The van der Waals surface area contributed by atoms with Gasteiger partial charge in [-0.1, -0.05) is 6.07 Å². The Morgan fingerprint density at radius 1 is 1.18 bits per heavy atom. The smallest absolute Gasteiger partial charge is 0.304 e. The molecule has 0 amide bonds. The molecule has 4 N–H and O–H groups in total. The normalized spacial score (nSPS) is 11.7. The SMILES string of the molecule is Cc1cc(C)c(S(=O)(=O)[O-])c(C)c1-c1c(Br)cc[n+](N)c1N. The molecule has 0 aliphatic heterocycles. The van der Waals surface area contributed by atoms with Gasteiger partial charge in [-0.25, -0.2) is 8.42 Å². The van der Waals surface area contributed by atoms with Crippen LogP contribution in [0.1, 0.15) is 16.7 Å². The lowest BCUT2D eigenvalue weighted by molar-refractivity contribution is -0.623. The first-order valence-corrected chi connectivity index (χ1v) is 8.57. The Bertz CT molecular complexity index is 880. The summed E-state index contributed by atoms with van der Waals surface area (Å²) in [4.78, 5) is -0.216. The van der Waals surface area contributed by atoms with Crippen molar-refractivity contribution in [1.29, 1.82) is 0 Å². The summed E-state index contributed by atoms with van der Waals surface area (Å²) in [7, 11) is -4.59. The number of nitrogen functional groups attached to an aromatic ring is 2. The molecule has 2 rings (SSSR count). The van der Waals surface area contributed by atoms with Crippen molar-refractivity contribution >= 4 is 31.9 Å². The highest BCUT2D eigenvalue weighted by Gasteiger charge is 2.23. The standard InChI is InChI=1S/C14H16BrN3O3S/c1-7-6-8(2)13(22(19,20)21)9(3)11(7)12-10(15)4-5-18(17)14(12)16/h4-6,16H,17H2,1-3H3,(H,19,20,21). The fourth-order valence-corrected chi connectivity index (χ4v) is 4.20. The third-order valence-corrected chi connectivity index (χ3v) is 5.34. The number of halogens is 1. The van der Waals surface area contributed by atoms with Gasteiger partial charge < -0.3 is 4.55 Å². The second-order valence-corrected chi connectivity index (χ2v) is 7.30. The van der Waals surface area contributed by atoms with Crippen LogP contribution in [-0.4, -0.2) is 13.0 Å². The van der Waals surface area contributed by atoms with Crippen molar-refractivity contribution in [2.75, 3.05) is 11.6 Å². The van der Waals surface area contributed by atoms with Crippen LogP contribution in [0.5, 0.6) is 0 Å². The average Bonchev–Trinajstić information content (AvgIpc) is 2.35. The molecule has 0 spiro atoms. The van der Waals surface area contributed by atoms with Gasteiger partial charge in [-0.05, 0) is 65.0 Å². The predicted molar refractivity (Wildman–Crippen MR) is 86.5 cm³/mol. The number of hydrogen-bond donors (Lipinski definition) is 2. The maximum absolute atomic E-state index is 11.6. The van der Waals surface area contributed by atoms with E-state index < -0.39 is 10.1 Å². The first-order valence-electron chi connectivity index (χ1n) is 6.37. The summed E-state index contributed by atoms with van der Waals surface area (Å²) >= 11 is 3.40. The molecule has 0 saturated carbocycles. The predicted octanol–water partition coefficient (Wildman–Crippen LogP) is 1.53. The molecule has 8 heteroatoms. The van der Waals surface area contributed by atoms with Crippen LogP contribution >= 0.6 is 15.9 Å². The van der Waals surface area contributed by atoms with Crippen molar-refractivity contribution in [3.8, 4) is 11.1 Å². The van der Waals surface area contributed by atoms with Crippen molar-refractivity contribution in [3.63, 3.8) is 0 Å². The molecule has 0 fully saturated rings. The van der Waals surface area contributed by atoms with Crippen LogP contribution in [0, 0.1) is 20.8 Å². The molecule has 1 aromatic carbocycles. The molecular weight excluding hydrogens is 370 g/mol. The van der Waals surface area contributed by atoms with Gasteiger partial charge in [-0.15, -0.1) is 4.68 Å². The minimum absolute atomic E-state index is 0.216. The first-order chi connectivity index (χ1) is 10.1. The second kappa shape index (κ2) is 5.53. The quantitative estimate of drug-likeness (QED) is 0.462. The molecule has 0 bridgehead atoms. The number of hydrogen-bond acceptors (Lipinski definition) is 5. The Morgan fingerprint density at radius 3 is 2.32 bits per heavy atom. The zero-order valence-corrected chi connectivity index (χ0v) is 14.7. The molecule has 0 radical (unpaired) electrons. The van der Waals surface area contributed by atoms with Crippen molar-refractivity contribution in [3.05, 3.63) is 39.5 Å². The van der Waals surface area contributed by atoms with Gasteiger partial charge in [-0.2, -0.15) is 0 Å². The van der Waals surface area contributed by atoms with Gasteiger partial charge in [0, 0.05) is 4.47 Å². The zero-order chi connectivity index (χ0) is 16.8. The van der Waals surface area contributed by atoms with Gasteiger partial charge >= 0.3 is 5.82 Å². The third-order valence-electron chi connectivity index (χ3n) is 3.56. The monoisotopic (exact) mass is 385 g/mol. The maximum atomic E-state index is 11.6. The van der Waals surface area contributed by atoms with Gasteiger partial charge in [0.25, 0.3) is 0 Å². The van der Waals surface area contributed by atoms with E-state index in [1.54, 1.807) is 32.2 Å². The molecule has 6 nitrogen and oxygen atoms in total. The number of nitrogens with zero attached hydrogens (tertiary/aromatic N) is 1. The second-order valence-electron chi connectivity index (χ2n) is 5.12. The van der Waals surface area contributed by atoms with Gasteiger partial charge in [0.05, 0.1) is 10.5 Å². The van der Waals surface area contributed by atoms with E-state index in [4.69, 9.17) is 11.6 Å². The molecule has 22 heavy (non-hydrogen) atoms. The molecule has 2 aromatic rings. The van der Waals surface area contributed by atoms with Gasteiger partial charge in [-0.3, -0.25) is 11.6 Å². The van der Waals surface area contributed by atoms with Crippen LogP contribution in [0.3, 0.4) is 0 Å². The number of rotatable bonds is 2. The Morgan fingerprint density at radius 2 is 1.77 bits per heavy atom. The van der Waals surface area contributed by atoms with Crippen LogP contribution in [0.4, 0.5) is 5.82 Å². The highest BCUT2D eigenvalue weighted by Crippen LogP contribution is 2.39. The van der Waals surface area contributed by atoms with Gasteiger partial charge in [0.2, 0.25) is 0 Å². The van der Waals surface area contributed by atoms with Crippen LogP contribution in [-0.2, 0) is 10.1 Å². The molecule has 1 aromatic heterocycles. The van der Waals surface area contributed by atoms with Crippen LogP contribution < -0.4 is 16.3 Å². The Kier molecular flexibility index (Phi) is 4.20. The van der Waals surface area contributed by atoms with Crippen molar-refractivity contribution in [2.24, 2.45) is 0 Å². The summed E-state index contributed by atoms with van der Waals surface area (Å²) in [5.74, 6) is 6.03. The molecule has 0 aliphatic rings. The largest absolute Gasteiger partial charge is 0.744 e. The van der Waals surface area contributed by atoms with Crippen molar-refractivity contribution in [2.45, 2.75) is 25.7 Å². The fourth-order valence-electron chi connectivity index (χ4n) is 2.75. The number of aromatic nitrogens is 1. The summed E-state index contributed by atoms with van der Waals surface area (Å²) < 4.78 is 36.6. The highest BCUT2D eigenvalue weighted by atomic mass is 79.9. The van der Waals surface area contributed by atoms with Crippen LogP contribution in [0.15, 0.2) is 27.7 Å². The highest BCUT2D eigenvalue weighted by molar-refractivity contribution is 9.10. The fraction of sp³-hybridized carbons (Fsp3) is 0.214. The lowest BCUT2D eigenvalue weighted by Crippen LogP contribution is -2.47. The number of aryl methyl sites for hydroxylation is 2. The first kappa shape index (κ1) is 16.7. The van der Waals surface area contributed by atoms with Crippen LogP contribution in [0.25, 0.3) is 11.1 Å². The van der Waals surface area contributed by atoms with E-state index in [9.17, 15) is 13.0 Å².